The Labute approximate surface area is 98.7 Å². The van der Waals surface area contributed by atoms with Crippen molar-refractivity contribution < 1.29 is 5.11 Å². The minimum atomic E-state index is -0.297. The summed E-state index contributed by atoms with van der Waals surface area (Å²) in [7, 11) is 0. The molecule has 0 saturated carbocycles. The van der Waals surface area contributed by atoms with Crippen LogP contribution in [0.3, 0.4) is 0 Å². The van der Waals surface area contributed by atoms with Crippen molar-refractivity contribution in [1.82, 2.24) is 5.32 Å². The first kappa shape index (κ1) is 13.2. The zero-order valence-electron chi connectivity index (χ0n) is 11.0. The van der Waals surface area contributed by atoms with Gasteiger partial charge in [-0.15, -0.1) is 0 Å². The van der Waals surface area contributed by atoms with Gasteiger partial charge in [-0.3, -0.25) is 0 Å². The third-order valence-electron chi connectivity index (χ3n) is 3.07. The van der Waals surface area contributed by atoms with Gasteiger partial charge in [-0.05, 0) is 56.9 Å². The maximum Gasteiger partial charge on any atom is 0.0636 e. The third kappa shape index (κ3) is 3.32. The zero-order chi connectivity index (χ0) is 12.3. The van der Waals surface area contributed by atoms with E-state index >= 15 is 0 Å². The fraction of sp³-hybridized carbons (Fsp3) is 0.571. The molecule has 0 spiro atoms. The van der Waals surface area contributed by atoms with Crippen LogP contribution in [0.2, 0.25) is 0 Å². The molecule has 2 N–H and O–H groups in total. The van der Waals surface area contributed by atoms with Gasteiger partial charge in [0.05, 0.1) is 6.10 Å². The molecule has 1 aromatic rings. The van der Waals surface area contributed by atoms with Crippen molar-refractivity contribution in [3.8, 4) is 0 Å². The predicted octanol–water partition coefficient (Wildman–Crippen LogP) is 2.64. The SMILES string of the molecule is Cc1cc(C)c(C(C)NC[C@H](C)O)cc1C. The summed E-state index contributed by atoms with van der Waals surface area (Å²) in [5, 5.41) is 12.6. The number of rotatable bonds is 4. The van der Waals surface area contributed by atoms with E-state index in [-0.39, 0.29) is 12.1 Å². The van der Waals surface area contributed by atoms with E-state index in [1.165, 1.54) is 22.3 Å². The molecule has 0 fully saturated rings. The quantitative estimate of drug-likeness (QED) is 0.819. The minimum Gasteiger partial charge on any atom is -0.392 e. The van der Waals surface area contributed by atoms with Gasteiger partial charge in [-0.25, -0.2) is 0 Å². The second-order valence-corrected chi connectivity index (χ2v) is 4.77. The molecule has 0 radical (unpaired) electrons. The van der Waals surface area contributed by atoms with Gasteiger partial charge in [0.1, 0.15) is 0 Å². The van der Waals surface area contributed by atoms with Crippen LogP contribution in [0.1, 0.15) is 42.1 Å². The summed E-state index contributed by atoms with van der Waals surface area (Å²) < 4.78 is 0. The van der Waals surface area contributed by atoms with Crippen LogP contribution >= 0.6 is 0 Å². The fourth-order valence-electron chi connectivity index (χ4n) is 1.91. The molecule has 0 heterocycles. The van der Waals surface area contributed by atoms with Gasteiger partial charge in [-0.2, -0.15) is 0 Å². The third-order valence-corrected chi connectivity index (χ3v) is 3.07. The van der Waals surface area contributed by atoms with Gasteiger partial charge >= 0.3 is 0 Å². The predicted molar refractivity (Wildman–Crippen MR) is 68.8 cm³/mol. The summed E-state index contributed by atoms with van der Waals surface area (Å²) in [6.45, 7) is 11.0. The Kier molecular flexibility index (Phi) is 4.51. The Hall–Kier alpha value is -0.860. The molecule has 0 bridgehead atoms. The topological polar surface area (TPSA) is 32.3 Å². The van der Waals surface area contributed by atoms with Crippen LogP contribution in [0, 0.1) is 20.8 Å². The number of aliphatic hydroxyl groups excluding tert-OH is 1. The van der Waals surface area contributed by atoms with Gasteiger partial charge < -0.3 is 10.4 Å². The van der Waals surface area contributed by atoms with Crippen LogP contribution in [-0.2, 0) is 0 Å². The van der Waals surface area contributed by atoms with Crippen LogP contribution < -0.4 is 5.32 Å². The Morgan fingerprint density at radius 1 is 1.06 bits per heavy atom. The highest BCUT2D eigenvalue weighted by Crippen LogP contribution is 2.21. The van der Waals surface area contributed by atoms with Crippen molar-refractivity contribution in [2.24, 2.45) is 0 Å². The van der Waals surface area contributed by atoms with Crippen LogP contribution in [0.5, 0.6) is 0 Å². The van der Waals surface area contributed by atoms with Crippen molar-refractivity contribution in [3.63, 3.8) is 0 Å². The second-order valence-electron chi connectivity index (χ2n) is 4.77. The van der Waals surface area contributed by atoms with Crippen molar-refractivity contribution in [2.45, 2.75) is 46.8 Å². The van der Waals surface area contributed by atoms with Crippen molar-refractivity contribution in [2.75, 3.05) is 6.54 Å². The van der Waals surface area contributed by atoms with Gasteiger partial charge in [0.2, 0.25) is 0 Å². The van der Waals surface area contributed by atoms with E-state index in [4.69, 9.17) is 0 Å². The largest absolute Gasteiger partial charge is 0.392 e. The van der Waals surface area contributed by atoms with Gasteiger partial charge in [0.25, 0.3) is 0 Å². The first-order chi connectivity index (χ1) is 7.41. The molecule has 0 aliphatic heterocycles. The molecule has 2 atom stereocenters. The fourth-order valence-corrected chi connectivity index (χ4v) is 1.91. The summed E-state index contributed by atoms with van der Waals surface area (Å²) in [5.74, 6) is 0. The summed E-state index contributed by atoms with van der Waals surface area (Å²) in [6, 6.07) is 4.75. The average molecular weight is 221 g/mol. The maximum absolute atomic E-state index is 9.25. The Morgan fingerprint density at radius 2 is 1.62 bits per heavy atom. The number of aliphatic hydroxyl groups is 1. The summed E-state index contributed by atoms with van der Waals surface area (Å²) in [5.41, 5.74) is 5.30. The van der Waals surface area contributed by atoms with Crippen LogP contribution in [0.4, 0.5) is 0 Å². The highest BCUT2D eigenvalue weighted by Gasteiger charge is 2.10. The van der Waals surface area contributed by atoms with Crippen LogP contribution in [0.15, 0.2) is 12.1 Å². The zero-order valence-corrected chi connectivity index (χ0v) is 11.0. The molecule has 1 rings (SSSR count). The lowest BCUT2D eigenvalue weighted by Crippen LogP contribution is -2.27. The Balaban J connectivity index is 2.82. The highest BCUT2D eigenvalue weighted by atomic mass is 16.3. The molecule has 0 aliphatic rings. The highest BCUT2D eigenvalue weighted by molar-refractivity contribution is 5.37. The number of hydrogen-bond donors (Lipinski definition) is 2. The molecule has 16 heavy (non-hydrogen) atoms. The van der Waals surface area contributed by atoms with Gasteiger partial charge in [0, 0.05) is 12.6 Å². The van der Waals surface area contributed by atoms with E-state index in [1.54, 1.807) is 6.92 Å². The van der Waals surface area contributed by atoms with Gasteiger partial charge in [0.15, 0.2) is 0 Å². The number of benzene rings is 1. The number of aryl methyl sites for hydroxylation is 3. The Morgan fingerprint density at radius 3 is 2.19 bits per heavy atom. The first-order valence-electron chi connectivity index (χ1n) is 5.91. The van der Waals surface area contributed by atoms with Crippen molar-refractivity contribution in [1.29, 1.82) is 0 Å². The normalized spacial score (nSPS) is 14.9. The van der Waals surface area contributed by atoms with E-state index in [2.05, 4.69) is 45.1 Å². The van der Waals surface area contributed by atoms with E-state index in [0.717, 1.165) is 0 Å². The van der Waals surface area contributed by atoms with Crippen molar-refractivity contribution in [3.05, 3.63) is 34.4 Å². The van der Waals surface area contributed by atoms with E-state index in [1.807, 2.05) is 0 Å². The summed E-state index contributed by atoms with van der Waals surface area (Å²) in [4.78, 5) is 0. The lowest BCUT2D eigenvalue weighted by molar-refractivity contribution is 0.187. The average Bonchev–Trinajstić information content (AvgIpc) is 2.20. The molecule has 1 unspecified atom stereocenters. The Bertz CT molecular complexity index is 358. The molecule has 2 nitrogen and oxygen atoms in total. The molecule has 0 amide bonds. The summed E-state index contributed by atoms with van der Waals surface area (Å²) in [6.07, 6.45) is -0.297. The van der Waals surface area contributed by atoms with E-state index < -0.39 is 0 Å². The van der Waals surface area contributed by atoms with Gasteiger partial charge in [-0.1, -0.05) is 12.1 Å². The maximum atomic E-state index is 9.25. The molecule has 1 aromatic carbocycles. The standard InChI is InChI=1S/C14H23NO/c1-9-6-11(3)14(7-10(9)2)13(5)15-8-12(4)16/h6-7,12-13,15-16H,8H2,1-5H3/t12-,13?/m0/s1. The molecule has 0 saturated heterocycles. The molecule has 2 heteroatoms. The lowest BCUT2D eigenvalue weighted by Gasteiger charge is -2.19. The second kappa shape index (κ2) is 5.46. The number of hydrogen-bond acceptors (Lipinski definition) is 2. The molecular formula is C14H23NO. The first-order valence-corrected chi connectivity index (χ1v) is 5.91. The number of nitrogens with one attached hydrogen (secondary N) is 1. The molecule has 0 aromatic heterocycles. The monoisotopic (exact) mass is 221 g/mol. The molecular weight excluding hydrogens is 198 g/mol. The van der Waals surface area contributed by atoms with Crippen molar-refractivity contribution >= 4 is 0 Å². The molecule has 90 valence electrons. The van der Waals surface area contributed by atoms with Crippen LogP contribution in [0.25, 0.3) is 0 Å². The summed E-state index contributed by atoms with van der Waals surface area (Å²) >= 11 is 0. The smallest absolute Gasteiger partial charge is 0.0636 e. The minimum absolute atomic E-state index is 0.286. The van der Waals surface area contributed by atoms with E-state index in [9.17, 15) is 5.11 Å². The molecule has 0 aliphatic carbocycles. The van der Waals surface area contributed by atoms with E-state index in [0.29, 0.717) is 6.54 Å². The lowest BCUT2D eigenvalue weighted by atomic mass is 9.96. The van der Waals surface area contributed by atoms with Crippen LogP contribution in [-0.4, -0.2) is 17.8 Å².